The van der Waals surface area contributed by atoms with E-state index >= 15 is 0 Å². The van der Waals surface area contributed by atoms with Gasteiger partial charge in [0.2, 0.25) is 0 Å². The number of carbonyl (C=O) groups excluding carboxylic acids is 1. The smallest absolute Gasteiger partial charge is 0.163 e. The van der Waals surface area contributed by atoms with Crippen molar-refractivity contribution in [2.24, 2.45) is 0 Å². The Morgan fingerprint density at radius 3 is 2.73 bits per heavy atom. The SMILES string of the molecule is CCC(=O)C1=CCCC=C1Cl. The highest BCUT2D eigenvalue weighted by atomic mass is 35.5. The first-order valence-corrected chi connectivity index (χ1v) is 4.23. The van der Waals surface area contributed by atoms with E-state index in [4.69, 9.17) is 11.6 Å². The number of halogens is 1. The van der Waals surface area contributed by atoms with Crippen LogP contribution in [0.4, 0.5) is 0 Å². The summed E-state index contributed by atoms with van der Waals surface area (Å²) in [5.74, 6) is 0.144. The fourth-order valence-corrected chi connectivity index (χ4v) is 1.37. The van der Waals surface area contributed by atoms with Crippen LogP contribution in [0.5, 0.6) is 0 Å². The third kappa shape index (κ3) is 1.93. The Labute approximate surface area is 71.7 Å². The molecule has 2 heteroatoms. The van der Waals surface area contributed by atoms with Crippen molar-refractivity contribution in [2.75, 3.05) is 0 Å². The zero-order valence-electron chi connectivity index (χ0n) is 6.56. The fourth-order valence-electron chi connectivity index (χ4n) is 1.08. The molecule has 0 radical (unpaired) electrons. The van der Waals surface area contributed by atoms with Gasteiger partial charge >= 0.3 is 0 Å². The second-order valence-electron chi connectivity index (χ2n) is 2.52. The third-order valence-corrected chi connectivity index (χ3v) is 2.08. The number of carbonyl (C=O) groups is 1. The molecule has 0 amide bonds. The average molecular weight is 171 g/mol. The molecular formula is C9H11ClO. The van der Waals surface area contributed by atoms with Gasteiger partial charge in [0, 0.05) is 17.0 Å². The van der Waals surface area contributed by atoms with Crippen molar-refractivity contribution >= 4 is 17.4 Å². The standard InChI is InChI=1S/C9H11ClO/c1-2-9(11)7-5-3-4-6-8(7)10/h5-6H,2-4H2,1H3. The maximum atomic E-state index is 11.2. The van der Waals surface area contributed by atoms with Gasteiger partial charge in [-0.05, 0) is 12.8 Å². The molecule has 0 aliphatic heterocycles. The lowest BCUT2D eigenvalue weighted by Crippen LogP contribution is -2.03. The number of ketones is 1. The van der Waals surface area contributed by atoms with Crippen LogP contribution in [0.15, 0.2) is 22.8 Å². The monoisotopic (exact) mass is 170 g/mol. The first-order valence-electron chi connectivity index (χ1n) is 3.85. The summed E-state index contributed by atoms with van der Waals surface area (Å²) in [6, 6.07) is 0. The van der Waals surface area contributed by atoms with Gasteiger partial charge in [0.25, 0.3) is 0 Å². The van der Waals surface area contributed by atoms with Crippen LogP contribution in [-0.2, 0) is 4.79 Å². The lowest BCUT2D eigenvalue weighted by molar-refractivity contribution is -0.115. The molecule has 0 saturated heterocycles. The van der Waals surface area contributed by atoms with Crippen molar-refractivity contribution in [3.63, 3.8) is 0 Å². The summed E-state index contributed by atoms with van der Waals surface area (Å²) in [6.07, 6.45) is 6.27. The Balaban J connectivity index is 2.78. The first-order chi connectivity index (χ1) is 5.25. The summed E-state index contributed by atoms with van der Waals surface area (Å²) in [7, 11) is 0. The van der Waals surface area contributed by atoms with Gasteiger partial charge in [-0.3, -0.25) is 4.79 Å². The summed E-state index contributed by atoms with van der Waals surface area (Å²) in [5.41, 5.74) is 0.709. The Morgan fingerprint density at radius 1 is 1.55 bits per heavy atom. The molecule has 0 heterocycles. The second kappa shape index (κ2) is 3.72. The molecular weight excluding hydrogens is 160 g/mol. The Morgan fingerprint density at radius 2 is 2.18 bits per heavy atom. The van der Waals surface area contributed by atoms with E-state index < -0.39 is 0 Å². The summed E-state index contributed by atoms with van der Waals surface area (Å²) in [6.45, 7) is 1.85. The minimum Gasteiger partial charge on any atom is -0.294 e. The summed E-state index contributed by atoms with van der Waals surface area (Å²) < 4.78 is 0. The molecule has 0 aromatic heterocycles. The normalized spacial score (nSPS) is 17.3. The van der Waals surface area contributed by atoms with Crippen molar-refractivity contribution in [1.29, 1.82) is 0 Å². The van der Waals surface area contributed by atoms with Gasteiger partial charge in [0.15, 0.2) is 5.78 Å². The largest absolute Gasteiger partial charge is 0.294 e. The Hall–Kier alpha value is -0.560. The van der Waals surface area contributed by atoms with Crippen LogP contribution in [0.25, 0.3) is 0 Å². The van der Waals surface area contributed by atoms with Gasteiger partial charge in [-0.1, -0.05) is 30.7 Å². The second-order valence-corrected chi connectivity index (χ2v) is 2.93. The minimum atomic E-state index is 0.144. The lowest BCUT2D eigenvalue weighted by Gasteiger charge is -2.07. The van der Waals surface area contributed by atoms with E-state index in [0.717, 1.165) is 12.8 Å². The van der Waals surface area contributed by atoms with Crippen LogP contribution < -0.4 is 0 Å². The average Bonchev–Trinajstić information content (AvgIpc) is 2.04. The Kier molecular flexibility index (Phi) is 2.89. The molecule has 0 atom stereocenters. The lowest BCUT2D eigenvalue weighted by atomic mass is 10.0. The van der Waals surface area contributed by atoms with Crippen LogP contribution >= 0.6 is 11.6 Å². The van der Waals surface area contributed by atoms with Crippen LogP contribution in [0.3, 0.4) is 0 Å². The first kappa shape index (κ1) is 8.54. The fraction of sp³-hybridized carbons (Fsp3) is 0.444. The molecule has 1 aliphatic rings. The Bertz CT molecular complexity index is 226. The summed E-state index contributed by atoms with van der Waals surface area (Å²) >= 11 is 5.83. The highest BCUT2D eigenvalue weighted by Gasteiger charge is 2.12. The quantitative estimate of drug-likeness (QED) is 0.623. The third-order valence-electron chi connectivity index (χ3n) is 1.72. The van der Waals surface area contributed by atoms with Crippen LogP contribution in [0.2, 0.25) is 0 Å². The maximum Gasteiger partial charge on any atom is 0.163 e. The maximum absolute atomic E-state index is 11.2. The molecule has 60 valence electrons. The van der Waals surface area contributed by atoms with Crippen molar-refractivity contribution in [3.05, 3.63) is 22.8 Å². The van der Waals surface area contributed by atoms with Gasteiger partial charge in [-0.2, -0.15) is 0 Å². The summed E-state index contributed by atoms with van der Waals surface area (Å²) in [5, 5.41) is 0.628. The van der Waals surface area contributed by atoms with E-state index in [1.165, 1.54) is 0 Å². The van der Waals surface area contributed by atoms with E-state index in [1.54, 1.807) is 0 Å². The predicted octanol–water partition coefficient (Wildman–Crippen LogP) is 2.81. The highest BCUT2D eigenvalue weighted by molar-refractivity contribution is 6.35. The van der Waals surface area contributed by atoms with Gasteiger partial charge in [-0.25, -0.2) is 0 Å². The summed E-state index contributed by atoms with van der Waals surface area (Å²) in [4.78, 5) is 11.2. The number of Topliss-reactive ketones (excluding diaryl/α,β-unsaturated/α-hetero) is 1. The topological polar surface area (TPSA) is 17.1 Å². The van der Waals surface area contributed by atoms with Crippen LogP contribution in [0.1, 0.15) is 26.2 Å². The number of rotatable bonds is 2. The van der Waals surface area contributed by atoms with Crippen molar-refractivity contribution < 1.29 is 4.79 Å². The molecule has 0 spiro atoms. The molecule has 1 nitrogen and oxygen atoms in total. The van der Waals surface area contributed by atoms with E-state index in [0.29, 0.717) is 17.0 Å². The zero-order chi connectivity index (χ0) is 8.27. The molecule has 0 unspecified atom stereocenters. The minimum absolute atomic E-state index is 0.144. The molecule has 0 saturated carbocycles. The van der Waals surface area contributed by atoms with E-state index in [1.807, 2.05) is 19.1 Å². The zero-order valence-corrected chi connectivity index (χ0v) is 7.32. The van der Waals surface area contributed by atoms with Crippen LogP contribution in [0, 0.1) is 0 Å². The van der Waals surface area contributed by atoms with Crippen molar-refractivity contribution in [2.45, 2.75) is 26.2 Å². The molecule has 0 aromatic carbocycles. The highest BCUT2D eigenvalue weighted by Crippen LogP contribution is 2.23. The van der Waals surface area contributed by atoms with Gasteiger partial charge in [0.1, 0.15) is 0 Å². The predicted molar refractivity (Wildman–Crippen MR) is 46.6 cm³/mol. The van der Waals surface area contributed by atoms with E-state index in [9.17, 15) is 4.79 Å². The molecule has 0 aromatic rings. The number of hydrogen-bond acceptors (Lipinski definition) is 1. The van der Waals surface area contributed by atoms with Gasteiger partial charge in [0.05, 0.1) is 0 Å². The van der Waals surface area contributed by atoms with Crippen LogP contribution in [-0.4, -0.2) is 5.78 Å². The van der Waals surface area contributed by atoms with E-state index in [2.05, 4.69) is 0 Å². The molecule has 1 aliphatic carbocycles. The van der Waals surface area contributed by atoms with E-state index in [-0.39, 0.29) is 5.78 Å². The molecule has 0 N–H and O–H groups in total. The molecule has 1 rings (SSSR count). The van der Waals surface area contributed by atoms with Gasteiger partial charge in [-0.15, -0.1) is 0 Å². The molecule has 0 bridgehead atoms. The molecule has 11 heavy (non-hydrogen) atoms. The molecule has 0 fully saturated rings. The number of allylic oxidation sites excluding steroid dienone is 4. The van der Waals surface area contributed by atoms with Crippen molar-refractivity contribution in [1.82, 2.24) is 0 Å². The number of hydrogen-bond donors (Lipinski definition) is 0. The van der Waals surface area contributed by atoms with Crippen molar-refractivity contribution in [3.8, 4) is 0 Å². The van der Waals surface area contributed by atoms with Gasteiger partial charge < -0.3 is 0 Å².